The van der Waals surface area contributed by atoms with E-state index < -0.39 is 11.9 Å². The fraction of sp³-hybridized carbons (Fsp3) is 0.536. The highest BCUT2D eigenvalue weighted by atomic mass is 16.6. The summed E-state index contributed by atoms with van der Waals surface area (Å²) in [5.74, 6) is 0. The molecule has 2 fully saturated rings. The second-order valence-corrected chi connectivity index (χ2v) is 9.08. The summed E-state index contributed by atoms with van der Waals surface area (Å²) in [6.07, 6.45) is 9.86. The maximum atomic E-state index is 11.7. The Kier molecular flexibility index (Phi) is 10.1. The number of carbonyl (C=O) groups excluding carboxylic acids is 1. The molecule has 0 radical (unpaired) electrons. The summed E-state index contributed by atoms with van der Waals surface area (Å²) in [6, 6.07) is 19.1. The number of piperidine rings is 1. The maximum absolute atomic E-state index is 11.7. The van der Waals surface area contributed by atoms with E-state index in [1.54, 1.807) is 0 Å². The number of benzene rings is 2. The van der Waals surface area contributed by atoms with Crippen LogP contribution in [0.4, 0.5) is 0 Å². The van der Waals surface area contributed by atoms with Crippen LogP contribution in [0.25, 0.3) is 0 Å². The number of fused-ring (bicyclic) bond motifs is 1. The molecule has 3 atom stereocenters. The minimum absolute atomic E-state index is 0.538. The van der Waals surface area contributed by atoms with Crippen LogP contribution in [0.15, 0.2) is 60.7 Å². The van der Waals surface area contributed by atoms with Gasteiger partial charge in [-0.1, -0.05) is 79.9 Å². The molecule has 33 heavy (non-hydrogen) atoms. The van der Waals surface area contributed by atoms with Gasteiger partial charge in [0.1, 0.15) is 0 Å². The van der Waals surface area contributed by atoms with Crippen molar-refractivity contribution in [2.24, 2.45) is 0 Å². The van der Waals surface area contributed by atoms with Crippen molar-refractivity contribution in [2.45, 2.75) is 75.9 Å². The molecular weight excluding hydrogens is 414 g/mol. The van der Waals surface area contributed by atoms with Crippen LogP contribution in [-0.4, -0.2) is 54.9 Å². The number of hydrogen-bond donors (Lipinski definition) is 1. The molecule has 0 aromatic heterocycles. The van der Waals surface area contributed by atoms with Crippen molar-refractivity contribution >= 4 is 6.29 Å². The van der Waals surface area contributed by atoms with Crippen molar-refractivity contribution in [3.63, 3.8) is 0 Å². The molecule has 2 aromatic rings. The summed E-state index contributed by atoms with van der Waals surface area (Å²) in [4.78, 5) is 14.4. The molecule has 2 saturated heterocycles. The summed E-state index contributed by atoms with van der Waals surface area (Å²) in [6.45, 7) is 4.09. The van der Waals surface area contributed by atoms with Gasteiger partial charge in [-0.15, -0.1) is 0 Å². The molecule has 2 aliphatic heterocycles. The Labute approximate surface area is 198 Å². The van der Waals surface area contributed by atoms with E-state index in [9.17, 15) is 9.90 Å². The van der Waals surface area contributed by atoms with E-state index in [-0.39, 0.29) is 0 Å². The smallest absolute Gasteiger partial charge is 0.176 e. The molecule has 0 spiro atoms. The number of carbonyl (C=O) groups is 1. The van der Waals surface area contributed by atoms with Gasteiger partial charge in [-0.2, -0.15) is 0 Å². The summed E-state index contributed by atoms with van der Waals surface area (Å²) >= 11 is 0. The third-order valence-electron chi connectivity index (χ3n) is 6.78. The first-order valence-electron chi connectivity index (χ1n) is 12.3. The Morgan fingerprint density at radius 1 is 0.939 bits per heavy atom. The van der Waals surface area contributed by atoms with E-state index in [2.05, 4.69) is 4.90 Å². The molecule has 4 rings (SSSR count). The average molecular weight is 454 g/mol. The molecule has 0 saturated carbocycles. The molecule has 3 unspecified atom stereocenters. The Morgan fingerprint density at radius 2 is 1.55 bits per heavy atom. The van der Waals surface area contributed by atoms with E-state index in [1.807, 2.05) is 67.8 Å². The Balaban J connectivity index is 0.000000194. The number of hydrogen-bond acceptors (Lipinski definition) is 5. The number of rotatable bonds is 6. The highest BCUT2D eigenvalue weighted by Gasteiger charge is 2.36. The quantitative estimate of drug-likeness (QED) is 0.497. The average Bonchev–Trinajstić information content (AvgIpc) is 2.84. The van der Waals surface area contributed by atoms with Gasteiger partial charge in [0.15, 0.2) is 18.2 Å². The van der Waals surface area contributed by atoms with Gasteiger partial charge in [0.25, 0.3) is 0 Å². The second kappa shape index (κ2) is 13.0. The fourth-order valence-corrected chi connectivity index (χ4v) is 5.03. The van der Waals surface area contributed by atoms with Crippen LogP contribution in [-0.2, 0) is 19.9 Å². The molecule has 0 aliphatic carbocycles. The first kappa shape index (κ1) is 25.6. The van der Waals surface area contributed by atoms with Crippen LogP contribution >= 0.6 is 0 Å². The van der Waals surface area contributed by atoms with E-state index in [4.69, 9.17) is 9.47 Å². The first-order chi connectivity index (χ1) is 16.1. The zero-order chi connectivity index (χ0) is 23.5. The van der Waals surface area contributed by atoms with Crippen molar-refractivity contribution in [1.82, 2.24) is 4.90 Å². The summed E-state index contributed by atoms with van der Waals surface area (Å²) < 4.78 is 11.0. The summed E-state index contributed by atoms with van der Waals surface area (Å²) in [7, 11) is 1.86. The lowest BCUT2D eigenvalue weighted by Crippen LogP contribution is -2.45. The van der Waals surface area contributed by atoms with Crippen molar-refractivity contribution in [2.75, 3.05) is 20.2 Å². The van der Waals surface area contributed by atoms with Gasteiger partial charge in [0.05, 0.1) is 6.10 Å². The zero-order valence-corrected chi connectivity index (χ0v) is 20.1. The Bertz CT molecular complexity index is 772. The van der Waals surface area contributed by atoms with Gasteiger partial charge in [0, 0.05) is 19.7 Å². The normalized spacial score (nSPS) is 22.6. The van der Waals surface area contributed by atoms with Gasteiger partial charge < -0.3 is 19.5 Å². The van der Waals surface area contributed by atoms with Gasteiger partial charge >= 0.3 is 0 Å². The van der Waals surface area contributed by atoms with Crippen LogP contribution < -0.4 is 0 Å². The number of aliphatic hydroxyl groups is 1. The van der Waals surface area contributed by atoms with Gasteiger partial charge in [-0.3, -0.25) is 4.79 Å². The molecule has 2 aliphatic rings. The van der Waals surface area contributed by atoms with Crippen molar-refractivity contribution < 1.29 is 19.4 Å². The second-order valence-electron chi connectivity index (χ2n) is 9.08. The van der Waals surface area contributed by atoms with E-state index >= 15 is 0 Å². The van der Waals surface area contributed by atoms with E-state index in [1.165, 1.54) is 65.0 Å². The third kappa shape index (κ3) is 6.97. The predicted octanol–water partition coefficient (Wildman–Crippen LogP) is 4.91. The highest BCUT2D eigenvalue weighted by molar-refractivity contribution is 5.72. The third-order valence-corrected chi connectivity index (χ3v) is 6.78. The molecule has 180 valence electrons. The number of aldehydes is 1. The molecule has 1 N–H and O–H groups in total. The van der Waals surface area contributed by atoms with Crippen LogP contribution in [0.2, 0.25) is 0 Å². The summed E-state index contributed by atoms with van der Waals surface area (Å²) in [5, 5.41) is 9.56. The maximum Gasteiger partial charge on any atom is 0.176 e. The molecule has 0 amide bonds. The molecule has 0 bridgehead atoms. The molecule has 5 nitrogen and oxygen atoms in total. The lowest BCUT2D eigenvalue weighted by atomic mass is 9.87. The van der Waals surface area contributed by atoms with E-state index in [0.717, 1.165) is 12.3 Å². The van der Waals surface area contributed by atoms with Crippen molar-refractivity contribution in [1.29, 1.82) is 0 Å². The Hall–Kier alpha value is -2.05. The minimum Gasteiger partial charge on any atom is -0.381 e. The van der Waals surface area contributed by atoms with Crippen LogP contribution in [0.1, 0.15) is 63.0 Å². The monoisotopic (exact) mass is 453 g/mol. The molecule has 5 heteroatoms. The number of aliphatic hydroxyl groups excluding tert-OH is 1. The van der Waals surface area contributed by atoms with Gasteiger partial charge in [0.2, 0.25) is 0 Å². The zero-order valence-electron chi connectivity index (χ0n) is 20.1. The first-order valence-corrected chi connectivity index (χ1v) is 12.3. The van der Waals surface area contributed by atoms with Gasteiger partial charge in [-0.25, -0.2) is 0 Å². The van der Waals surface area contributed by atoms with Crippen LogP contribution in [0, 0.1) is 0 Å². The van der Waals surface area contributed by atoms with Crippen LogP contribution in [0.5, 0.6) is 0 Å². The SMILES string of the molecule is CC(O)OC(C=O)(c1ccccc1)c1ccccc1.COC1CCN2CCCCCCC2C1. The lowest BCUT2D eigenvalue weighted by Gasteiger charge is -2.40. The number of methoxy groups -OCH3 is 1. The summed E-state index contributed by atoms with van der Waals surface area (Å²) in [5.41, 5.74) is 0.102. The van der Waals surface area contributed by atoms with E-state index in [0.29, 0.717) is 17.2 Å². The molecule has 2 heterocycles. The molecule has 2 aromatic carbocycles. The van der Waals surface area contributed by atoms with Crippen molar-refractivity contribution in [3.8, 4) is 0 Å². The number of ether oxygens (including phenoxy) is 2. The Morgan fingerprint density at radius 3 is 2.09 bits per heavy atom. The minimum atomic E-state index is -1.28. The number of nitrogens with zero attached hydrogens (tertiary/aromatic N) is 1. The van der Waals surface area contributed by atoms with Crippen LogP contribution in [0.3, 0.4) is 0 Å². The van der Waals surface area contributed by atoms with Crippen molar-refractivity contribution in [3.05, 3.63) is 71.8 Å². The molecular formula is C28H39NO4. The standard InChI is InChI=1S/C16H16O3.C12H23NO/c1-13(18)19-16(12-17,14-8-4-2-5-9-14)15-10-6-3-7-11-15;1-14-12-7-9-13-8-5-3-2-4-6-11(13)10-12/h2-13,18H,1H3;11-12H,2-10H2,1H3. The largest absolute Gasteiger partial charge is 0.381 e. The fourth-order valence-electron chi connectivity index (χ4n) is 5.03. The predicted molar refractivity (Wildman–Crippen MR) is 131 cm³/mol. The van der Waals surface area contributed by atoms with Gasteiger partial charge in [-0.05, 0) is 50.3 Å². The highest BCUT2D eigenvalue weighted by Crippen LogP contribution is 2.32. The topological polar surface area (TPSA) is 59.0 Å². The lowest BCUT2D eigenvalue weighted by molar-refractivity contribution is -0.168.